The van der Waals surface area contributed by atoms with Crippen LogP contribution in [-0.2, 0) is 4.74 Å². The molecule has 0 aliphatic heterocycles. The number of hydrogen-bond acceptors (Lipinski definition) is 2. The van der Waals surface area contributed by atoms with Gasteiger partial charge in [0.1, 0.15) is 11.6 Å². The zero-order valence-corrected chi connectivity index (χ0v) is 13.0. The van der Waals surface area contributed by atoms with E-state index >= 15 is 0 Å². The minimum absolute atomic E-state index is 0.131. The van der Waals surface area contributed by atoms with E-state index < -0.39 is 11.6 Å². The van der Waals surface area contributed by atoms with Gasteiger partial charge in [0.2, 0.25) is 0 Å². The van der Waals surface area contributed by atoms with Crippen LogP contribution in [0.3, 0.4) is 0 Å². The van der Waals surface area contributed by atoms with Gasteiger partial charge in [-0.3, -0.25) is 0 Å². The predicted molar refractivity (Wildman–Crippen MR) is 77.8 cm³/mol. The maximum atomic E-state index is 14.0. The third-order valence-electron chi connectivity index (χ3n) is 3.69. The number of halogens is 2. The molecule has 0 spiro atoms. The van der Waals surface area contributed by atoms with Gasteiger partial charge >= 0.3 is 0 Å². The van der Waals surface area contributed by atoms with Gasteiger partial charge in [0.25, 0.3) is 0 Å². The Bertz CT molecular complexity index is 446. The summed E-state index contributed by atoms with van der Waals surface area (Å²) in [6, 6.07) is 2.43. The Labute approximate surface area is 120 Å². The summed E-state index contributed by atoms with van der Waals surface area (Å²) in [6.07, 6.45) is 1.52. The minimum Gasteiger partial charge on any atom is -0.379 e. The fourth-order valence-electron chi connectivity index (χ4n) is 2.15. The van der Waals surface area contributed by atoms with E-state index in [0.29, 0.717) is 11.1 Å². The van der Waals surface area contributed by atoms with E-state index in [1.165, 1.54) is 0 Å². The third kappa shape index (κ3) is 4.53. The summed E-state index contributed by atoms with van der Waals surface area (Å²) in [6.45, 7) is 8.36. The largest absolute Gasteiger partial charge is 0.379 e. The van der Waals surface area contributed by atoms with Crippen LogP contribution in [0.1, 0.15) is 50.8 Å². The van der Waals surface area contributed by atoms with Gasteiger partial charge in [-0.1, -0.05) is 6.92 Å². The smallest absolute Gasteiger partial charge is 0.130 e. The molecule has 114 valence electrons. The van der Waals surface area contributed by atoms with Crippen LogP contribution in [0.15, 0.2) is 12.1 Å². The van der Waals surface area contributed by atoms with Crippen molar-refractivity contribution in [2.24, 2.45) is 0 Å². The van der Waals surface area contributed by atoms with Gasteiger partial charge in [-0.05, 0) is 51.8 Å². The van der Waals surface area contributed by atoms with Crippen LogP contribution in [-0.4, -0.2) is 19.3 Å². The van der Waals surface area contributed by atoms with Crippen LogP contribution in [0.2, 0.25) is 0 Å². The van der Waals surface area contributed by atoms with Crippen LogP contribution >= 0.6 is 0 Å². The minimum atomic E-state index is -0.501. The summed E-state index contributed by atoms with van der Waals surface area (Å²) in [5.74, 6) is -0.993. The Morgan fingerprint density at radius 1 is 1.25 bits per heavy atom. The second-order valence-electron chi connectivity index (χ2n) is 5.74. The molecule has 0 heterocycles. The summed E-state index contributed by atoms with van der Waals surface area (Å²) in [5.41, 5.74) is 0.743. The van der Waals surface area contributed by atoms with Crippen LogP contribution in [0.25, 0.3) is 0 Å². The number of benzene rings is 1. The van der Waals surface area contributed by atoms with Crippen LogP contribution in [0.4, 0.5) is 8.78 Å². The molecule has 0 radical (unpaired) electrons. The van der Waals surface area contributed by atoms with Gasteiger partial charge in [-0.15, -0.1) is 0 Å². The van der Waals surface area contributed by atoms with Gasteiger partial charge in [-0.2, -0.15) is 0 Å². The zero-order chi connectivity index (χ0) is 15.3. The molecule has 4 heteroatoms. The molecule has 0 fully saturated rings. The van der Waals surface area contributed by atoms with E-state index in [4.69, 9.17) is 4.74 Å². The standard InChI is InChI=1S/C16H25F2NO/c1-6-19-15(7-8-16(3,4)20-5)12-9-11(2)13(17)10-14(12)18/h9-10,15,19H,6-8H2,1-5H3. The van der Waals surface area contributed by atoms with E-state index in [9.17, 15) is 8.78 Å². The first-order valence-corrected chi connectivity index (χ1v) is 7.04. The number of rotatable bonds is 7. The third-order valence-corrected chi connectivity index (χ3v) is 3.69. The highest BCUT2D eigenvalue weighted by molar-refractivity contribution is 5.28. The number of ether oxygens (including phenoxy) is 1. The Hall–Kier alpha value is -1.00. The maximum Gasteiger partial charge on any atom is 0.130 e. The molecule has 1 rings (SSSR count). The molecule has 0 aliphatic rings. The zero-order valence-electron chi connectivity index (χ0n) is 13.0. The first-order chi connectivity index (χ1) is 9.30. The second-order valence-corrected chi connectivity index (χ2v) is 5.74. The van der Waals surface area contributed by atoms with E-state index in [1.807, 2.05) is 20.8 Å². The van der Waals surface area contributed by atoms with Crippen LogP contribution < -0.4 is 5.32 Å². The van der Waals surface area contributed by atoms with Gasteiger partial charge < -0.3 is 10.1 Å². The Morgan fingerprint density at radius 3 is 2.45 bits per heavy atom. The van der Waals surface area contributed by atoms with Crippen molar-refractivity contribution >= 4 is 0 Å². The van der Waals surface area contributed by atoms with Crippen molar-refractivity contribution in [3.05, 3.63) is 34.9 Å². The van der Waals surface area contributed by atoms with Crippen molar-refractivity contribution in [1.29, 1.82) is 0 Å². The van der Waals surface area contributed by atoms with E-state index in [2.05, 4.69) is 5.32 Å². The molecule has 0 aliphatic carbocycles. The number of methoxy groups -OCH3 is 1. The van der Waals surface area contributed by atoms with Crippen LogP contribution in [0, 0.1) is 18.6 Å². The first-order valence-electron chi connectivity index (χ1n) is 7.04. The number of nitrogens with one attached hydrogen (secondary N) is 1. The molecule has 2 nitrogen and oxygen atoms in total. The topological polar surface area (TPSA) is 21.3 Å². The number of hydrogen-bond donors (Lipinski definition) is 1. The van der Waals surface area contributed by atoms with Crippen molar-refractivity contribution in [3.8, 4) is 0 Å². The molecule has 0 saturated carbocycles. The fourth-order valence-corrected chi connectivity index (χ4v) is 2.15. The lowest BCUT2D eigenvalue weighted by molar-refractivity contribution is 0.0116. The lowest BCUT2D eigenvalue weighted by atomic mass is 9.93. The molecule has 0 bridgehead atoms. The average molecular weight is 285 g/mol. The SMILES string of the molecule is CCNC(CCC(C)(C)OC)c1cc(C)c(F)cc1F. The fraction of sp³-hybridized carbons (Fsp3) is 0.625. The molecule has 0 aromatic heterocycles. The highest BCUT2D eigenvalue weighted by Crippen LogP contribution is 2.27. The lowest BCUT2D eigenvalue weighted by Crippen LogP contribution is -2.28. The molecule has 1 aromatic rings. The highest BCUT2D eigenvalue weighted by Gasteiger charge is 2.22. The van der Waals surface area contributed by atoms with Gasteiger partial charge in [-0.25, -0.2) is 8.78 Å². The van der Waals surface area contributed by atoms with E-state index in [0.717, 1.165) is 25.5 Å². The monoisotopic (exact) mass is 285 g/mol. The lowest BCUT2D eigenvalue weighted by Gasteiger charge is -2.27. The van der Waals surface area contributed by atoms with E-state index in [1.54, 1.807) is 20.1 Å². The first kappa shape index (κ1) is 17.1. The van der Waals surface area contributed by atoms with Crippen molar-refractivity contribution in [2.45, 2.75) is 52.2 Å². The average Bonchev–Trinajstić information content (AvgIpc) is 2.39. The summed E-state index contributed by atoms with van der Waals surface area (Å²) >= 11 is 0. The maximum absolute atomic E-state index is 14.0. The molecular weight excluding hydrogens is 260 g/mol. The summed E-state index contributed by atoms with van der Waals surface area (Å²) in [7, 11) is 1.67. The molecule has 20 heavy (non-hydrogen) atoms. The quantitative estimate of drug-likeness (QED) is 0.813. The van der Waals surface area contributed by atoms with Crippen molar-refractivity contribution in [1.82, 2.24) is 5.32 Å². The Morgan fingerprint density at radius 2 is 1.90 bits per heavy atom. The van der Waals surface area contributed by atoms with Crippen LogP contribution in [0.5, 0.6) is 0 Å². The summed E-state index contributed by atoms with van der Waals surface area (Å²) < 4.78 is 32.7. The summed E-state index contributed by atoms with van der Waals surface area (Å²) in [5, 5.41) is 3.27. The predicted octanol–water partition coefficient (Wildman–Crippen LogP) is 4.13. The van der Waals surface area contributed by atoms with Crippen molar-refractivity contribution in [2.75, 3.05) is 13.7 Å². The molecule has 0 amide bonds. The highest BCUT2D eigenvalue weighted by atomic mass is 19.1. The number of aryl methyl sites for hydroxylation is 1. The van der Waals surface area contributed by atoms with Gasteiger partial charge in [0.05, 0.1) is 5.60 Å². The van der Waals surface area contributed by atoms with Crippen molar-refractivity contribution in [3.63, 3.8) is 0 Å². The Balaban J connectivity index is 2.93. The van der Waals surface area contributed by atoms with Crippen molar-refractivity contribution < 1.29 is 13.5 Å². The molecule has 0 saturated heterocycles. The normalized spacial score (nSPS) is 13.6. The Kier molecular flexibility index (Phi) is 6.08. The van der Waals surface area contributed by atoms with Gasteiger partial charge in [0, 0.05) is 24.8 Å². The molecule has 1 N–H and O–H groups in total. The molecule has 1 atom stereocenters. The van der Waals surface area contributed by atoms with Gasteiger partial charge in [0.15, 0.2) is 0 Å². The molecule has 1 aromatic carbocycles. The second kappa shape index (κ2) is 7.14. The molecular formula is C16H25F2NO. The molecule has 1 unspecified atom stereocenters. The van der Waals surface area contributed by atoms with E-state index in [-0.39, 0.29) is 11.6 Å². The summed E-state index contributed by atoms with van der Waals surface area (Å²) in [4.78, 5) is 0.